The normalized spacial score (nSPS) is 17.4. The first-order chi connectivity index (χ1) is 11.4. The number of halogens is 1. The lowest BCUT2D eigenvalue weighted by molar-refractivity contribution is -0.384. The summed E-state index contributed by atoms with van der Waals surface area (Å²) in [5, 5.41) is 22.9. The molecule has 1 N–H and O–H groups in total. The Kier molecular flexibility index (Phi) is 5.62. The highest BCUT2D eigenvalue weighted by Crippen LogP contribution is 2.30. The molecule has 128 valence electrons. The summed E-state index contributed by atoms with van der Waals surface area (Å²) in [6.07, 6.45) is 3.23. The maximum absolute atomic E-state index is 12.3. The first-order valence-corrected chi connectivity index (χ1v) is 8.08. The number of nitrogens with zero attached hydrogens (tertiary/aromatic N) is 2. The van der Waals surface area contributed by atoms with Crippen molar-refractivity contribution in [3.63, 3.8) is 0 Å². The summed E-state index contributed by atoms with van der Waals surface area (Å²) < 4.78 is 5.50. The molecule has 0 spiro atoms. The summed E-state index contributed by atoms with van der Waals surface area (Å²) >= 11 is 5.96. The van der Waals surface area contributed by atoms with Gasteiger partial charge in [0.2, 0.25) is 0 Å². The van der Waals surface area contributed by atoms with Crippen LogP contribution in [0.3, 0.4) is 0 Å². The van der Waals surface area contributed by atoms with Crippen LogP contribution in [0, 0.1) is 21.4 Å². The van der Waals surface area contributed by atoms with Gasteiger partial charge in [-0.3, -0.25) is 14.9 Å². The van der Waals surface area contributed by atoms with Crippen molar-refractivity contribution in [1.29, 1.82) is 5.26 Å². The monoisotopic (exact) mass is 351 g/mol. The number of carbonyl (C=O) groups is 1. The standard InChI is InChI=1S/C16H18ClN3O4/c1-11(15(21)19-16(10-18)7-3-2-4-8-16)24-14-6-5-12(20(22)23)9-13(14)17/h5-6,9,11H,2-4,7-8H2,1H3,(H,19,21). The van der Waals surface area contributed by atoms with Crippen LogP contribution >= 0.6 is 11.6 Å². The summed E-state index contributed by atoms with van der Waals surface area (Å²) in [5.74, 6) is -0.229. The van der Waals surface area contributed by atoms with Gasteiger partial charge in [0.05, 0.1) is 16.0 Å². The third-order valence-electron chi connectivity index (χ3n) is 4.08. The molecule has 1 aliphatic rings. The Morgan fingerprint density at radius 3 is 2.67 bits per heavy atom. The highest BCUT2D eigenvalue weighted by Gasteiger charge is 2.35. The van der Waals surface area contributed by atoms with Crippen molar-refractivity contribution in [1.82, 2.24) is 5.32 Å². The zero-order chi connectivity index (χ0) is 17.7. The van der Waals surface area contributed by atoms with E-state index < -0.39 is 22.5 Å². The third kappa shape index (κ3) is 4.15. The molecule has 1 aromatic carbocycles. The van der Waals surface area contributed by atoms with E-state index >= 15 is 0 Å². The number of hydrogen-bond acceptors (Lipinski definition) is 5. The second-order valence-electron chi connectivity index (χ2n) is 5.88. The van der Waals surface area contributed by atoms with E-state index in [2.05, 4.69) is 11.4 Å². The molecule has 1 unspecified atom stereocenters. The second kappa shape index (κ2) is 7.49. The number of amides is 1. The molecule has 0 bridgehead atoms. The molecule has 1 atom stereocenters. The molecule has 0 aliphatic heterocycles. The lowest BCUT2D eigenvalue weighted by Crippen LogP contribution is -2.52. The highest BCUT2D eigenvalue weighted by atomic mass is 35.5. The van der Waals surface area contributed by atoms with Gasteiger partial charge >= 0.3 is 0 Å². The lowest BCUT2D eigenvalue weighted by atomic mass is 9.83. The Bertz CT molecular complexity index is 680. The maximum atomic E-state index is 12.3. The molecule has 0 heterocycles. The Labute approximate surface area is 144 Å². The van der Waals surface area contributed by atoms with Crippen LogP contribution in [-0.2, 0) is 4.79 Å². The summed E-state index contributed by atoms with van der Waals surface area (Å²) in [4.78, 5) is 22.5. The number of nitriles is 1. The van der Waals surface area contributed by atoms with E-state index in [4.69, 9.17) is 16.3 Å². The number of ether oxygens (including phenoxy) is 1. The molecule has 8 heteroatoms. The number of nitrogens with one attached hydrogen (secondary N) is 1. The highest BCUT2D eigenvalue weighted by molar-refractivity contribution is 6.32. The minimum atomic E-state index is -0.879. The van der Waals surface area contributed by atoms with Gasteiger partial charge in [-0.1, -0.05) is 30.9 Å². The molecular formula is C16H18ClN3O4. The van der Waals surface area contributed by atoms with Gasteiger partial charge in [0, 0.05) is 12.1 Å². The van der Waals surface area contributed by atoms with E-state index in [1.165, 1.54) is 18.2 Å². The van der Waals surface area contributed by atoms with Crippen LogP contribution in [0.15, 0.2) is 18.2 Å². The predicted molar refractivity (Wildman–Crippen MR) is 87.8 cm³/mol. The van der Waals surface area contributed by atoms with Gasteiger partial charge in [0.15, 0.2) is 6.10 Å². The van der Waals surface area contributed by atoms with E-state index in [-0.39, 0.29) is 16.5 Å². The number of hydrogen-bond donors (Lipinski definition) is 1. The number of benzene rings is 1. The van der Waals surface area contributed by atoms with Crippen LogP contribution in [0.1, 0.15) is 39.0 Å². The molecule has 1 amide bonds. The molecule has 0 saturated heterocycles. The lowest BCUT2D eigenvalue weighted by Gasteiger charge is -2.32. The summed E-state index contributed by atoms with van der Waals surface area (Å²) in [6.45, 7) is 1.54. The Balaban J connectivity index is 2.04. The average molecular weight is 352 g/mol. The van der Waals surface area contributed by atoms with Crippen molar-refractivity contribution in [2.45, 2.75) is 50.7 Å². The zero-order valence-electron chi connectivity index (χ0n) is 13.3. The molecule has 2 rings (SSSR count). The molecule has 1 fully saturated rings. The largest absolute Gasteiger partial charge is 0.479 e. The average Bonchev–Trinajstić information content (AvgIpc) is 2.57. The fourth-order valence-electron chi connectivity index (χ4n) is 2.70. The van der Waals surface area contributed by atoms with Crippen molar-refractivity contribution in [2.24, 2.45) is 0 Å². The molecule has 1 saturated carbocycles. The van der Waals surface area contributed by atoms with Crippen LogP contribution in [0.2, 0.25) is 5.02 Å². The van der Waals surface area contributed by atoms with E-state index in [1.807, 2.05) is 0 Å². The van der Waals surface area contributed by atoms with E-state index in [1.54, 1.807) is 6.92 Å². The van der Waals surface area contributed by atoms with Gasteiger partial charge in [-0.05, 0) is 25.8 Å². The van der Waals surface area contributed by atoms with Gasteiger partial charge in [-0.15, -0.1) is 0 Å². The molecule has 0 radical (unpaired) electrons. The zero-order valence-corrected chi connectivity index (χ0v) is 14.0. The predicted octanol–water partition coefficient (Wildman–Crippen LogP) is 3.36. The molecule has 1 aliphatic carbocycles. The summed E-state index contributed by atoms with van der Waals surface area (Å²) in [6, 6.07) is 5.98. The van der Waals surface area contributed by atoms with Crippen molar-refractivity contribution in [3.05, 3.63) is 33.3 Å². The topological polar surface area (TPSA) is 105 Å². The number of non-ortho nitro benzene ring substituents is 1. The maximum Gasteiger partial charge on any atom is 0.271 e. The van der Waals surface area contributed by atoms with Crippen LogP contribution in [0.4, 0.5) is 5.69 Å². The van der Waals surface area contributed by atoms with Gasteiger partial charge in [-0.25, -0.2) is 0 Å². The number of rotatable bonds is 5. The smallest absolute Gasteiger partial charge is 0.271 e. The quantitative estimate of drug-likeness (QED) is 0.646. The second-order valence-corrected chi connectivity index (χ2v) is 6.28. The fraction of sp³-hybridized carbons (Fsp3) is 0.500. The van der Waals surface area contributed by atoms with E-state index in [0.717, 1.165) is 19.3 Å². The Hall–Kier alpha value is -2.33. The van der Waals surface area contributed by atoms with Crippen molar-refractivity contribution in [2.75, 3.05) is 0 Å². The number of nitro benzene ring substituents is 1. The van der Waals surface area contributed by atoms with Gasteiger partial charge in [0.25, 0.3) is 11.6 Å². The SMILES string of the molecule is CC(Oc1ccc([N+](=O)[O-])cc1Cl)C(=O)NC1(C#N)CCCCC1. The van der Waals surface area contributed by atoms with E-state index in [0.29, 0.717) is 12.8 Å². The first kappa shape index (κ1) is 18.0. The summed E-state index contributed by atoms with van der Waals surface area (Å²) in [5.41, 5.74) is -0.998. The van der Waals surface area contributed by atoms with Gasteiger partial charge in [-0.2, -0.15) is 5.26 Å². The van der Waals surface area contributed by atoms with Gasteiger partial charge in [0.1, 0.15) is 11.3 Å². The summed E-state index contributed by atoms with van der Waals surface area (Å²) in [7, 11) is 0. The Morgan fingerprint density at radius 2 is 2.12 bits per heavy atom. The van der Waals surface area contributed by atoms with Gasteiger partial charge < -0.3 is 10.1 Å². The Morgan fingerprint density at radius 1 is 1.46 bits per heavy atom. The van der Waals surface area contributed by atoms with E-state index in [9.17, 15) is 20.2 Å². The molecule has 1 aromatic rings. The third-order valence-corrected chi connectivity index (χ3v) is 4.38. The van der Waals surface area contributed by atoms with Crippen molar-refractivity contribution < 1.29 is 14.5 Å². The van der Waals surface area contributed by atoms with Crippen LogP contribution in [0.25, 0.3) is 0 Å². The van der Waals surface area contributed by atoms with Crippen LogP contribution in [0.5, 0.6) is 5.75 Å². The molecule has 0 aromatic heterocycles. The van der Waals surface area contributed by atoms with Crippen molar-refractivity contribution in [3.8, 4) is 11.8 Å². The minimum absolute atomic E-state index is 0.0523. The number of nitro groups is 1. The molecule has 7 nitrogen and oxygen atoms in total. The minimum Gasteiger partial charge on any atom is -0.479 e. The molecular weight excluding hydrogens is 334 g/mol. The fourth-order valence-corrected chi connectivity index (χ4v) is 2.92. The van der Waals surface area contributed by atoms with Crippen LogP contribution in [-0.4, -0.2) is 22.5 Å². The number of carbonyl (C=O) groups excluding carboxylic acids is 1. The first-order valence-electron chi connectivity index (χ1n) is 7.71. The molecule has 24 heavy (non-hydrogen) atoms. The van der Waals surface area contributed by atoms with Crippen molar-refractivity contribution >= 4 is 23.2 Å². The van der Waals surface area contributed by atoms with Crippen LogP contribution < -0.4 is 10.1 Å².